The van der Waals surface area contributed by atoms with E-state index in [9.17, 15) is 18.0 Å². The number of amides is 2. The minimum atomic E-state index is -3.56. The van der Waals surface area contributed by atoms with Gasteiger partial charge in [0.25, 0.3) is 0 Å². The first-order chi connectivity index (χ1) is 20.5. The first kappa shape index (κ1) is 32.7. The maximum Gasteiger partial charge on any atom is 0.243 e. The molecule has 1 aliphatic carbocycles. The molecule has 0 aliphatic heterocycles. The highest BCUT2D eigenvalue weighted by Gasteiger charge is 2.32. The van der Waals surface area contributed by atoms with Crippen LogP contribution in [0, 0.1) is 13.8 Å². The van der Waals surface area contributed by atoms with Crippen LogP contribution in [0.2, 0.25) is 0 Å². The number of aryl methyl sites for hydroxylation is 2. The maximum absolute atomic E-state index is 14.0. The number of carbonyl (C=O) groups is 2. The molecule has 0 bridgehead atoms. The second kappa shape index (κ2) is 15.0. The van der Waals surface area contributed by atoms with Crippen LogP contribution in [0.5, 0.6) is 0 Å². The van der Waals surface area contributed by atoms with Crippen molar-refractivity contribution in [3.63, 3.8) is 0 Å². The smallest absolute Gasteiger partial charge is 0.243 e. The predicted molar refractivity (Wildman–Crippen MR) is 176 cm³/mol. The van der Waals surface area contributed by atoms with Gasteiger partial charge in [0.2, 0.25) is 21.8 Å². The summed E-state index contributed by atoms with van der Waals surface area (Å²) in [4.78, 5) is 29.6. The van der Waals surface area contributed by atoms with Crippen molar-refractivity contribution >= 4 is 43.5 Å². The minimum absolute atomic E-state index is 0.104. The lowest BCUT2D eigenvalue weighted by molar-refractivity contribution is -0.141. The van der Waals surface area contributed by atoms with E-state index in [1.165, 1.54) is 10.6 Å². The van der Waals surface area contributed by atoms with Crippen LogP contribution in [-0.4, -0.2) is 50.0 Å². The number of hydrogen-bond donors (Lipinski definition) is 1. The number of hydrogen-bond acceptors (Lipinski definition) is 4. The summed E-state index contributed by atoms with van der Waals surface area (Å²) < 4.78 is 27.8. The monoisotopic (exact) mass is 667 g/mol. The van der Waals surface area contributed by atoms with E-state index in [1.807, 2.05) is 80.6 Å². The largest absolute Gasteiger partial charge is 0.352 e. The van der Waals surface area contributed by atoms with E-state index in [2.05, 4.69) is 21.2 Å². The van der Waals surface area contributed by atoms with Gasteiger partial charge in [-0.1, -0.05) is 77.3 Å². The molecule has 0 aromatic heterocycles. The van der Waals surface area contributed by atoms with E-state index in [0.717, 1.165) is 52.4 Å². The van der Waals surface area contributed by atoms with Gasteiger partial charge in [-0.3, -0.25) is 13.9 Å². The Morgan fingerprint density at radius 2 is 1.63 bits per heavy atom. The van der Waals surface area contributed by atoms with Gasteiger partial charge in [-0.2, -0.15) is 0 Å². The Morgan fingerprint density at radius 3 is 2.28 bits per heavy atom. The van der Waals surface area contributed by atoms with Gasteiger partial charge < -0.3 is 10.2 Å². The number of anilines is 1. The lowest BCUT2D eigenvalue weighted by Crippen LogP contribution is -2.52. The SMILES string of the molecule is Cc1ccc(N(CCCC(=O)N(Cc2cccc(Br)c2)C(Cc2ccccc2)C(=O)NC2CCCC2)S(C)(=O)=O)cc1C. The van der Waals surface area contributed by atoms with Gasteiger partial charge in [0.15, 0.2) is 0 Å². The number of nitrogens with zero attached hydrogens (tertiary/aromatic N) is 2. The van der Waals surface area contributed by atoms with Crippen molar-refractivity contribution in [3.8, 4) is 0 Å². The van der Waals surface area contributed by atoms with Gasteiger partial charge in [-0.05, 0) is 79.6 Å². The zero-order valence-corrected chi connectivity index (χ0v) is 27.7. The van der Waals surface area contributed by atoms with Crippen LogP contribution in [0.25, 0.3) is 0 Å². The number of carbonyl (C=O) groups excluding carboxylic acids is 2. The van der Waals surface area contributed by atoms with E-state index in [4.69, 9.17) is 0 Å². The molecule has 230 valence electrons. The van der Waals surface area contributed by atoms with Crippen molar-refractivity contribution in [2.75, 3.05) is 17.1 Å². The first-order valence-electron chi connectivity index (χ1n) is 14.9. The topological polar surface area (TPSA) is 86.8 Å². The summed E-state index contributed by atoms with van der Waals surface area (Å²) >= 11 is 3.53. The Labute approximate surface area is 264 Å². The number of rotatable bonds is 13. The molecule has 0 heterocycles. The first-order valence-corrected chi connectivity index (χ1v) is 17.6. The Kier molecular flexibility index (Phi) is 11.4. The summed E-state index contributed by atoms with van der Waals surface area (Å²) in [5, 5.41) is 3.23. The second-order valence-electron chi connectivity index (χ2n) is 11.6. The van der Waals surface area contributed by atoms with Gasteiger partial charge in [0, 0.05) is 36.4 Å². The van der Waals surface area contributed by atoms with Gasteiger partial charge in [-0.15, -0.1) is 0 Å². The summed E-state index contributed by atoms with van der Waals surface area (Å²) in [5.41, 5.74) is 4.54. The summed E-state index contributed by atoms with van der Waals surface area (Å²) in [6, 6.07) is 22.5. The van der Waals surface area contributed by atoms with Crippen LogP contribution in [0.15, 0.2) is 77.3 Å². The molecule has 1 saturated carbocycles. The average Bonchev–Trinajstić information content (AvgIpc) is 3.47. The quantitative estimate of drug-likeness (QED) is 0.231. The third-order valence-corrected chi connectivity index (χ3v) is 9.83. The zero-order valence-electron chi connectivity index (χ0n) is 25.3. The molecule has 3 aromatic carbocycles. The van der Waals surface area contributed by atoms with Gasteiger partial charge >= 0.3 is 0 Å². The van der Waals surface area contributed by atoms with Crippen LogP contribution in [0.3, 0.4) is 0 Å². The van der Waals surface area contributed by atoms with Crippen LogP contribution in [0.1, 0.15) is 60.8 Å². The van der Waals surface area contributed by atoms with Crippen molar-refractivity contribution in [1.29, 1.82) is 0 Å². The molecule has 4 rings (SSSR count). The Hall–Kier alpha value is -3.17. The fourth-order valence-electron chi connectivity index (χ4n) is 5.64. The highest BCUT2D eigenvalue weighted by molar-refractivity contribution is 9.10. The van der Waals surface area contributed by atoms with Gasteiger partial charge in [0.1, 0.15) is 6.04 Å². The molecule has 7 nitrogen and oxygen atoms in total. The van der Waals surface area contributed by atoms with E-state index in [0.29, 0.717) is 18.5 Å². The third-order valence-electron chi connectivity index (χ3n) is 8.15. The Bertz CT molecular complexity index is 1510. The lowest BCUT2D eigenvalue weighted by atomic mass is 10.0. The number of benzene rings is 3. The van der Waals surface area contributed by atoms with E-state index < -0.39 is 16.1 Å². The number of sulfonamides is 1. The molecule has 0 spiro atoms. The van der Waals surface area contributed by atoms with Crippen LogP contribution in [-0.2, 0) is 32.6 Å². The van der Waals surface area contributed by atoms with Crippen LogP contribution < -0.4 is 9.62 Å². The molecule has 43 heavy (non-hydrogen) atoms. The van der Waals surface area contributed by atoms with Crippen LogP contribution in [0.4, 0.5) is 5.69 Å². The van der Waals surface area contributed by atoms with Crippen LogP contribution >= 0.6 is 15.9 Å². The van der Waals surface area contributed by atoms with Crippen molar-refractivity contribution in [2.24, 2.45) is 0 Å². The molecule has 0 saturated heterocycles. The van der Waals surface area contributed by atoms with E-state index in [1.54, 1.807) is 11.0 Å². The van der Waals surface area contributed by atoms with Gasteiger partial charge in [0.05, 0.1) is 11.9 Å². The maximum atomic E-state index is 14.0. The highest BCUT2D eigenvalue weighted by atomic mass is 79.9. The molecular formula is C34H42BrN3O4S. The van der Waals surface area contributed by atoms with E-state index in [-0.39, 0.29) is 37.4 Å². The summed E-state index contributed by atoms with van der Waals surface area (Å²) in [6.45, 7) is 4.36. The molecular weight excluding hydrogens is 626 g/mol. The summed E-state index contributed by atoms with van der Waals surface area (Å²) in [6.07, 6.45) is 6.07. The summed E-state index contributed by atoms with van der Waals surface area (Å²) in [5.74, 6) is -0.331. The van der Waals surface area contributed by atoms with Gasteiger partial charge in [-0.25, -0.2) is 8.42 Å². The molecule has 1 aliphatic rings. The molecule has 1 fully saturated rings. The second-order valence-corrected chi connectivity index (χ2v) is 14.4. The molecule has 1 N–H and O–H groups in total. The number of nitrogens with one attached hydrogen (secondary N) is 1. The molecule has 2 amide bonds. The highest BCUT2D eigenvalue weighted by Crippen LogP contribution is 2.24. The Balaban J connectivity index is 1.59. The lowest BCUT2D eigenvalue weighted by Gasteiger charge is -2.33. The standard InChI is InChI=1S/C34H42BrN3O4S/c1-25-18-19-31(21-26(25)2)38(43(3,41)42)20-10-17-33(39)37(24-28-13-9-14-29(35)22-28)32(23-27-11-5-4-6-12-27)34(40)36-30-15-7-8-16-30/h4-6,9,11-14,18-19,21-22,30,32H,7-8,10,15-17,20,23-24H2,1-3H3,(H,36,40). The Morgan fingerprint density at radius 1 is 0.930 bits per heavy atom. The molecule has 0 radical (unpaired) electrons. The van der Waals surface area contributed by atoms with E-state index >= 15 is 0 Å². The molecule has 3 aromatic rings. The minimum Gasteiger partial charge on any atom is -0.352 e. The van der Waals surface area contributed by atoms with Crippen molar-refractivity contribution in [1.82, 2.24) is 10.2 Å². The van der Waals surface area contributed by atoms with Crippen molar-refractivity contribution in [2.45, 2.75) is 77.4 Å². The number of halogens is 1. The average molecular weight is 669 g/mol. The fraction of sp³-hybridized carbons (Fsp3) is 0.412. The zero-order chi connectivity index (χ0) is 31.0. The van der Waals surface area contributed by atoms with Crippen molar-refractivity contribution in [3.05, 3.63) is 99.5 Å². The predicted octanol–water partition coefficient (Wildman–Crippen LogP) is 6.31. The normalized spacial score (nSPS) is 14.3. The molecule has 1 unspecified atom stereocenters. The fourth-order valence-corrected chi connectivity index (χ4v) is 7.04. The molecule has 1 atom stereocenters. The van der Waals surface area contributed by atoms with Crippen molar-refractivity contribution < 1.29 is 18.0 Å². The summed E-state index contributed by atoms with van der Waals surface area (Å²) in [7, 11) is -3.56. The molecule has 9 heteroatoms. The third kappa shape index (κ3) is 9.41.